The van der Waals surface area contributed by atoms with Gasteiger partial charge < -0.3 is 0 Å². The normalized spacial score (nSPS) is 14.7. The van der Waals surface area contributed by atoms with Crippen LogP contribution < -0.4 is 0 Å². The summed E-state index contributed by atoms with van der Waals surface area (Å²) in [5.41, 5.74) is 4.40. The van der Waals surface area contributed by atoms with Crippen molar-refractivity contribution in [1.82, 2.24) is 4.98 Å². The lowest BCUT2D eigenvalue weighted by Gasteiger charge is -2.14. The second-order valence-corrected chi connectivity index (χ2v) is 6.24. The number of aryl methyl sites for hydroxylation is 1. The van der Waals surface area contributed by atoms with E-state index in [0.29, 0.717) is 22.2 Å². The number of carbonyl (C=O) groups is 1. The predicted octanol–water partition coefficient (Wildman–Crippen LogP) is 5.27. The highest BCUT2D eigenvalue weighted by Gasteiger charge is 2.22. The molecular weight excluding hydrogens is 305 g/mol. The van der Waals surface area contributed by atoms with Crippen molar-refractivity contribution in [3.05, 3.63) is 51.3 Å². The summed E-state index contributed by atoms with van der Waals surface area (Å²) in [6.07, 6.45) is 3.36. The van der Waals surface area contributed by atoms with Gasteiger partial charge in [0.25, 0.3) is 0 Å². The lowest BCUT2D eigenvalue weighted by Crippen LogP contribution is -2.07. The van der Waals surface area contributed by atoms with Gasteiger partial charge >= 0.3 is 0 Å². The molecule has 0 bridgehead atoms. The van der Waals surface area contributed by atoms with E-state index in [9.17, 15) is 4.79 Å². The molecule has 2 nitrogen and oxygen atoms in total. The average Bonchev–Trinajstić information content (AvgIpc) is 2.61. The molecular formula is C17H15Cl2NO. The maximum Gasteiger partial charge on any atom is 0.181 e. The van der Waals surface area contributed by atoms with Crippen molar-refractivity contribution >= 4 is 29.0 Å². The Bertz CT molecular complexity index is 725. The second kappa shape index (κ2) is 5.78. The van der Waals surface area contributed by atoms with E-state index in [1.165, 1.54) is 0 Å². The highest BCUT2D eigenvalue weighted by molar-refractivity contribution is 6.36. The summed E-state index contributed by atoms with van der Waals surface area (Å²) in [5.74, 6) is 0.137. The van der Waals surface area contributed by atoms with Crippen LogP contribution in [0.25, 0.3) is 11.1 Å². The molecule has 2 aromatic rings. The zero-order valence-electron chi connectivity index (χ0n) is 11.7. The fourth-order valence-corrected chi connectivity index (χ4v) is 3.35. The zero-order valence-corrected chi connectivity index (χ0v) is 13.3. The molecule has 1 aliphatic carbocycles. The topological polar surface area (TPSA) is 30.0 Å². The summed E-state index contributed by atoms with van der Waals surface area (Å²) < 4.78 is 0. The van der Waals surface area contributed by atoms with Gasteiger partial charge in [-0.15, -0.1) is 0 Å². The maximum absolute atomic E-state index is 12.3. The zero-order chi connectivity index (χ0) is 15.0. The molecule has 4 heteroatoms. The number of hydrogen-bond donors (Lipinski definition) is 0. The second-order valence-electron chi connectivity index (χ2n) is 5.39. The minimum atomic E-state index is 0.137. The van der Waals surface area contributed by atoms with E-state index < -0.39 is 0 Å². The Hall–Kier alpha value is -1.38. The Morgan fingerprint density at radius 3 is 2.57 bits per heavy atom. The van der Waals surface area contributed by atoms with E-state index in [0.717, 1.165) is 41.6 Å². The number of benzene rings is 1. The first-order chi connectivity index (χ1) is 10.1. The summed E-state index contributed by atoms with van der Waals surface area (Å²) in [5, 5.41) is 1.21. The fraction of sp³-hybridized carbons (Fsp3) is 0.294. The molecule has 1 heterocycles. The summed E-state index contributed by atoms with van der Waals surface area (Å²) >= 11 is 12.3. The van der Waals surface area contributed by atoms with Gasteiger partial charge in [0.15, 0.2) is 5.78 Å². The lowest BCUT2D eigenvalue weighted by atomic mass is 9.95. The SMILES string of the molecule is Cc1cc(-c2ccc(Cl)cc2Cl)c2c(n1)C(=O)CCCC2. The van der Waals surface area contributed by atoms with E-state index in [4.69, 9.17) is 23.2 Å². The molecule has 108 valence electrons. The number of pyridine rings is 1. The molecule has 0 saturated carbocycles. The molecule has 0 aliphatic heterocycles. The number of halogens is 2. The molecule has 0 spiro atoms. The lowest BCUT2D eigenvalue weighted by molar-refractivity contribution is 0.0977. The first-order valence-electron chi connectivity index (χ1n) is 7.05. The van der Waals surface area contributed by atoms with Crippen molar-refractivity contribution in [3.63, 3.8) is 0 Å². The average molecular weight is 320 g/mol. The monoisotopic (exact) mass is 319 g/mol. The van der Waals surface area contributed by atoms with Crippen LogP contribution in [-0.2, 0) is 6.42 Å². The van der Waals surface area contributed by atoms with Crippen LogP contribution in [-0.4, -0.2) is 10.8 Å². The van der Waals surface area contributed by atoms with E-state index >= 15 is 0 Å². The van der Waals surface area contributed by atoms with E-state index in [2.05, 4.69) is 4.98 Å². The predicted molar refractivity (Wildman–Crippen MR) is 86.3 cm³/mol. The third-order valence-electron chi connectivity index (χ3n) is 3.82. The summed E-state index contributed by atoms with van der Waals surface area (Å²) in [6, 6.07) is 7.48. The van der Waals surface area contributed by atoms with E-state index in [-0.39, 0.29) is 5.78 Å². The Morgan fingerprint density at radius 1 is 1.05 bits per heavy atom. The molecule has 1 aromatic carbocycles. The molecule has 0 atom stereocenters. The molecule has 0 amide bonds. The third kappa shape index (κ3) is 2.83. The Morgan fingerprint density at radius 2 is 1.81 bits per heavy atom. The fourth-order valence-electron chi connectivity index (χ4n) is 2.84. The van der Waals surface area contributed by atoms with Crippen LogP contribution in [0, 0.1) is 6.92 Å². The minimum Gasteiger partial charge on any atom is -0.292 e. The van der Waals surface area contributed by atoms with Crippen molar-refractivity contribution in [3.8, 4) is 11.1 Å². The number of rotatable bonds is 1. The molecule has 0 N–H and O–H groups in total. The molecule has 0 fully saturated rings. The van der Waals surface area contributed by atoms with Crippen LogP contribution in [0.15, 0.2) is 24.3 Å². The van der Waals surface area contributed by atoms with Gasteiger partial charge in [0, 0.05) is 27.7 Å². The summed E-state index contributed by atoms with van der Waals surface area (Å²) in [4.78, 5) is 16.7. The smallest absolute Gasteiger partial charge is 0.181 e. The first kappa shape index (κ1) is 14.6. The number of nitrogens with zero attached hydrogens (tertiary/aromatic N) is 1. The molecule has 0 saturated heterocycles. The molecule has 0 unspecified atom stereocenters. The first-order valence-corrected chi connectivity index (χ1v) is 7.81. The third-order valence-corrected chi connectivity index (χ3v) is 4.37. The van der Waals surface area contributed by atoms with Crippen LogP contribution in [0.1, 0.15) is 41.0 Å². The highest BCUT2D eigenvalue weighted by Crippen LogP contribution is 2.36. The van der Waals surface area contributed by atoms with Crippen LogP contribution >= 0.6 is 23.2 Å². The number of fused-ring (bicyclic) bond motifs is 1. The molecule has 0 radical (unpaired) electrons. The Kier molecular flexibility index (Phi) is 4.01. The Balaban J connectivity index is 2.25. The number of carbonyl (C=O) groups excluding carboxylic acids is 1. The summed E-state index contributed by atoms with van der Waals surface area (Å²) in [7, 11) is 0. The van der Waals surface area contributed by atoms with Crippen LogP contribution in [0.2, 0.25) is 10.0 Å². The van der Waals surface area contributed by atoms with Gasteiger partial charge in [0.05, 0.1) is 0 Å². The van der Waals surface area contributed by atoms with Gasteiger partial charge in [-0.2, -0.15) is 0 Å². The van der Waals surface area contributed by atoms with Crippen LogP contribution in [0.3, 0.4) is 0 Å². The number of hydrogen-bond acceptors (Lipinski definition) is 2. The number of Topliss-reactive ketones (excluding diaryl/α,β-unsaturated/α-hetero) is 1. The van der Waals surface area contributed by atoms with Gasteiger partial charge in [0.2, 0.25) is 0 Å². The van der Waals surface area contributed by atoms with Gasteiger partial charge in [-0.3, -0.25) is 4.79 Å². The van der Waals surface area contributed by atoms with E-state index in [1.807, 2.05) is 25.1 Å². The molecule has 3 rings (SSSR count). The minimum absolute atomic E-state index is 0.137. The number of aromatic nitrogens is 1. The van der Waals surface area contributed by atoms with Crippen molar-refractivity contribution in [2.75, 3.05) is 0 Å². The van der Waals surface area contributed by atoms with Gasteiger partial charge in [-0.1, -0.05) is 29.3 Å². The van der Waals surface area contributed by atoms with Crippen molar-refractivity contribution in [1.29, 1.82) is 0 Å². The van der Waals surface area contributed by atoms with Gasteiger partial charge in [0.1, 0.15) is 5.69 Å². The highest BCUT2D eigenvalue weighted by atomic mass is 35.5. The molecule has 1 aromatic heterocycles. The largest absolute Gasteiger partial charge is 0.292 e. The molecule has 21 heavy (non-hydrogen) atoms. The maximum atomic E-state index is 12.3. The van der Waals surface area contributed by atoms with Gasteiger partial charge in [-0.05, 0) is 55.5 Å². The van der Waals surface area contributed by atoms with Crippen molar-refractivity contribution in [2.24, 2.45) is 0 Å². The quantitative estimate of drug-likeness (QED) is 0.670. The van der Waals surface area contributed by atoms with Crippen LogP contribution in [0.5, 0.6) is 0 Å². The standard InChI is InChI=1S/C17H15Cl2NO/c1-10-8-14(12-7-6-11(18)9-15(12)19)13-4-2-3-5-16(21)17(13)20-10/h6-9H,2-5H2,1H3. The Labute approximate surface area is 134 Å². The summed E-state index contributed by atoms with van der Waals surface area (Å²) in [6.45, 7) is 1.91. The van der Waals surface area contributed by atoms with Gasteiger partial charge in [-0.25, -0.2) is 4.98 Å². The molecule has 1 aliphatic rings. The van der Waals surface area contributed by atoms with Crippen molar-refractivity contribution in [2.45, 2.75) is 32.6 Å². The van der Waals surface area contributed by atoms with Crippen LogP contribution in [0.4, 0.5) is 0 Å². The van der Waals surface area contributed by atoms with E-state index in [1.54, 1.807) is 6.07 Å². The number of ketones is 1. The van der Waals surface area contributed by atoms with Crippen molar-refractivity contribution < 1.29 is 4.79 Å².